The van der Waals surface area contributed by atoms with E-state index in [1.807, 2.05) is 13.8 Å². The number of unbranched alkanes of at least 4 members (excludes halogenated alkanes) is 1. The molecule has 0 bridgehead atoms. The van der Waals surface area contributed by atoms with Crippen molar-refractivity contribution in [2.45, 2.75) is 64.0 Å². The standard InChI is InChI=1S/C12H22O5/c1-4-5-6-14-7-8-9-10(11(13)15-8)17-12(2,3)16-9/h8-11,13H,4-7H2,1-3H3/t8?,9-,10-,11?/m1/s1. The smallest absolute Gasteiger partial charge is 0.184 e. The minimum absolute atomic E-state index is 0.235. The van der Waals surface area contributed by atoms with Gasteiger partial charge in [-0.25, -0.2) is 0 Å². The van der Waals surface area contributed by atoms with Gasteiger partial charge in [-0.2, -0.15) is 0 Å². The molecule has 2 fully saturated rings. The van der Waals surface area contributed by atoms with Crippen LogP contribution in [0.2, 0.25) is 0 Å². The number of fused-ring (bicyclic) bond motifs is 1. The quantitative estimate of drug-likeness (QED) is 0.735. The Balaban J connectivity index is 1.83. The Hall–Kier alpha value is -0.200. The van der Waals surface area contributed by atoms with Crippen LogP contribution in [-0.2, 0) is 18.9 Å². The van der Waals surface area contributed by atoms with Crippen molar-refractivity contribution >= 4 is 0 Å². The molecule has 17 heavy (non-hydrogen) atoms. The first kappa shape index (κ1) is 13.2. The van der Waals surface area contributed by atoms with E-state index in [0.717, 1.165) is 12.8 Å². The highest BCUT2D eigenvalue weighted by atomic mass is 16.8. The third kappa shape index (κ3) is 2.98. The summed E-state index contributed by atoms with van der Waals surface area (Å²) in [5.41, 5.74) is 0. The summed E-state index contributed by atoms with van der Waals surface area (Å²) >= 11 is 0. The van der Waals surface area contributed by atoms with Gasteiger partial charge in [-0.3, -0.25) is 0 Å². The predicted octanol–water partition coefficient (Wildman–Crippen LogP) is 1.04. The van der Waals surface area contributed by atoms with E-state index in [0.29, 0.717) is 13.2 Å². The van der Waals surface area contributed by atoms with Gasteiger partial charge in [-0.1, -0.05) is 13.3 Å². The van der Waals surface area contributed by atoms with Crippen LogP contribution in [0.15, 0.2) is 0 Å². The minimum atomic E-state index is -0.915. The van der Waals surface area contributed by atoms with Crippen LogP contribution in [0.4, 0.5) is 0 Å². The third-order valence-electron chi connectivity index (χ3n) is 3.05. The second-order valence-corrected chi connectivity index (χ2v) is 5.06. The Labute approximate surface area is 102 Å². The average Bonchev–Trinajstić information content (AvgIpc) is 2.70. The maximum absolute atomic E-state index is 9.72. The molecule has 0 spiro atoms. The summed E-state index contributed by atoms with van der Waals surface area (Å²) in [5.74, 6) is -0.651. The summed E-state index contributed by atoms with van der Waals surface area (Å²) in [5, 5.41) is 9.72. The lowest BCUT2D eigenvalue weighted by Crippen LogP contribution is -2.33. The fraction of sp³-hybridized carbons (Fsp3) is 1.00. The van der Waals surface area contributed by atoms with Gasteiger partial charge in [-0.15, -0.1) is 0 Å². The third-order valence-corrected chi connectivity index (χ3v) is 3.05. The number of aliphatic hydroxyl groups excluding tert-OH is 1. The van der Waals surface area contributed by atoms with Crippen LogP contribution in [0.3, 0.4) is 0 Å². The molecule has 2 rings (SSSR count). The van der Waals surface area contributed by atoms with Crippen molar-refractivity contribution in [3.05, 3.63) is 0 Å². The summed E-state index contributed by atoms with van der Waals surface area (Å²) in [6, 6.07) is 0. The van der Waals surface area contributed by atoms with Gasteiger partial charge in [0.05, 0.1) is 6.61 Å². The van der Waals surface area contributed by atoms with Crippen LogP contribution < -0.4 is 0 Å². The molecule has 1 N–H and O–H groups in total. The number of hydrogen-bond acceptors (Lipinski definition) is 5. The second kappa shape index (κ2) is 5.20. The SMILES string of the molecule is CCCCOCC1OC(O)[C@@H]2OC(C)(C)O[C@H]12. The molecule has 0 saturated carbocycles. The van der Waals surface area contributed by atoms with E-state index in [1.54, 1.807) is 0 Å². The first-order chi connectivity index (χ1) is 8.03. The van der Waals surface area contributed by atoms with Gasteiger partial charge in [0.15, 0.2) is 12.1 Å². The van der Waals surface area contributed by atoms with Crippen molar-refractivity contribution < 1.29 is 24.1 Å². The average molecular weight is 246 g/mol. The van der Waals surface area contributed by atoms with Gasteiger partial charge in [0, 0.05) is 6.61 Å². The molecule has 2 unspecified atom stereocenters. The molecule has 5 nitrogen and oxygen atoms in total. The maximum Gasteiger partial charge on any atom is 0.184 e. The maximum atomic E-state index is 9.72. The number of aliphatic hydroxyl groups is 1. The lowest BCUT2D eigenvalue weighted by atomic mass is 10.1. The van der Waals surface area contributed by atoms with Crippen LogP contribution in [0.5, 0.6) is 0 Å². The van der Waals surface area contributed by atoms with E-state index >= 15 is 0 Å². The van der Waals surface area contributed by atoms with Crippen molar-refractivity contribution in [1.29, 1.82) is 0 Å². The lowest BCUT2D eigenvalue weighted by molar-refractivity contribution is -0.225. The molecule has 0 aliphatic carbocycles. The van der Waals surface area contributed by atoms with E-state index in [2.05, 4.69) is 6.92 Å². The van der Waals surface area contributed by atoms with Gasteiger partial charge >= 0.3 is 0 Å². The summed E-state index contributed by atoms with van der Waals surface area (Å²) in [6.07, 6.45) is 0.348. The van der Waals surface area contributed by atoms with Gasteiger partial charge < -0.3 is 24.1 Å². The van der Waals surface area contributed by atoms with E-state index in [1.165, 1.54) is 0 Å². The monoisotopic (exact) mass is 246 g/mol. The summed E-state index contributed by atoms with van der Waals surface area (Å²) in [6.45, 7) is 6.96. The van der Waals surface area contributed by atoms with Gasteiger partial charge in [0.25, 0.3) is 0 Å². The molecule has 2 aliphatic heterocycles. The van der Waals surface area contributed by atoms with E-state index < -0.39 is 18.2 Å². The summed E-state index contributed by atoms with van der Waals surface area (Å²) < 4.78 is 22.2. The van der Waals surface area contributed by atoms with Gasteiger partial charge in [0.2, 0.25) is 0 Å². The van der Waals surface area contributed by atoms with E-state index in [9.17, 15) is 5.11 Å². The predicted molar refractivity (Wildman–Crippen MR) is 60.4 cm³/mol. The second-order valence-electron chi connectivity index (χ2n) is 5.06. The molecule has 2 heterocycles. The number of hydrogen-bond donors (Lipinski definition) is 1. The van der Waals surface area contributed by atoms with Crippen molar-refractivity contribution in [3.8, 4) is 0 Å². The highest BCUT2D eigenvalue weighted by Crippen LogP contribution is 2.37. The van der Waals surface area contributed by atoms with Crippen molar-refractivity contribution in [2.24, 2.45) is 0 Å². The molecular weight excluding hydrogens is 224 g/mol. The highest BCUT2D eigenvalue weighted by Gasteiger charge is 2.54. The largest absolute Gasteiger partial charge is 0.379 e. The fourth-order valence-electron chi connectivity index (χ4n) is 2.24. The van der Waals surface area contributed by atoms with Crippen molar-refractivity contribution in [3.63, 3.8) is 0 Å². The molecule has 0 aromatic rings. The van der Waals surface area contributed by atoms with Crippen molar-refractivity contribution in [2.75, 3.05) is 13.2 Å². The molecule has 0 radical (unpaired) electrons. The van der Waals surface area contributed by atoms with Crippen molar-refractivity contribution in [1.82, 2.24) is 0 Å². The first-order valence-electron chi connectivity index (χ1n) is 6.30. The summed E-state index contributed by atoms with van der Waals surface area (Å²) in [4.78, 5) is 0. The highest BCUT2D eigenvalue weighted by molar-refractivity contribution is 4.94. The van der Waals surface area contributed by atoms with Crippen LogP contribution in [0.1, 0.15) is 33.6 Å². The number of rotatable bonds is 5. The van der Waals surface area contributed by atoms with Gasteiger partial charge in [0.1, 0.15) is 18.3 Å². The Morgan fingerprint density at radius 3 is 2.65 bits per heavy atom. The zero-order valence-corrected chi connectivity index (χ0v) is 10.7. The fourth-order valence-corrected chi connectivity index (χ4v) is 2.24. The lowest BCUT2D eigenvalue weighted by Gasteiger charge is -2.22. The minimum Gasteiger partial charge on any atom is -0.379 e. The zero-order valence-electron chi connectivity index (χ0n) is 10.7. The van der Waals surface area contributed by atoms with Crippen LogP contribution in [0, 0.1) is 0 Å². The van der Waals surface area contributed by atoms with Crippen LogP contribution in [0.25, 0.3) is 0 Å². The van der Waals surface area contributed by atoms with Crippen LogP contribution in [-0.4, -0.2) is 48.7 Å². The first-order valence-corrected chi connectivity index (χ1v) is 6.30. The van der Waals surface area contributed by atoms with E-state index in [4.69, 9.17) is 18.9 Å². The van der Waals surface area contributed by atoms with E-state index in [-0.39, 0.29) is 12.2 Å². The van der Waals surface area contributed by atoms with Crippen LogP contribution >= 0.6 is 0 Å². The Morgan fingerprint density at radius 2 is 1.94 bits per heavy atom. The molecule has 2 saturated heterocycles. The molecule has 4 atom stereocenters. The number of ether oxygens (including phenoxy) is 4. The molecule has 0 aromatic heterocycles. The Kier molecular flexibility index (Phi) is 4.05. The topological polar surface area (TPSA) is 57.2 Å². The summed E-state index contributed by atoms with van der Waals surface area (Å²) in [7, 11) is 0. The Bertz CT molecular complexity index is 255. The normalized spacial score (nSPS) is 39.5. The molecular formula is C12H22O5. The molecule has 5 heteroatoms. The molecule has 0 aromatic carbocycles. The van der Waals surface area contributed by atoms with Gasteiger partial charge in [-0.05, 0) is 20.3 Å². The molecule has 2 aliphatic rings. The Morgan fingerprint density at radius 1 is 1.24 bits per heavy atom. The molecule has 0 amide bonds. The molecule has 100 valence electrons. The zero-order chi connectivity index (χ0) is 12.5.